The maximum atomic E-state index is 11.9. The van der Waals surface area contributed by atoms with Gasteiger partial charge in [0.2, 0.25) is 5.91 Å². The van der Waals surface area contributed by atoms with Gasteiger partial charge in [-0.05, 0) is 44.6 Å². The van der Waals surface area contributed by atoms with E-state index in [1.54, 1.807) is 12.0 Å². The third-order valence-electron chi connectivity index (χ3n) is 4.47. The van der Waals surface area contributed by atoms with Crippen molar-refractivity contribution in [2.45, 2.75) is 19.3 Å². The van der Waals surface area contributed by atoms with Crippen LogP contribution in [0.2, 0.25) is 0 Å². The van der Waals surface area contributed by atoms with Crippen LogP contribution in [0.25, 0.3) is 0 Å². The molecule has 0 aliphatic carbocycles. The fourth-order valence-corrected chi connectivity index (χ4v) is 2.97. The SMILES string of the molecule is COc1cc(CCN2CC(C(=O)O)CC2=O)ccc1OCCCN(C)C. The lowest BCUT2D eigenvalue weighted by atomic mass is 10.1. The third-order valence-corrected chi connectivity index (χ3v) is 4.47. The number of aliphatic carboxylic acids is 1. The second-order valence-electron chi connectivity index (χ2n) is 6.82. The molecule has 1 fully saturated rings. The maximum Gasteiger partial charge on any atom is 0.308 e. The molecule has 144 valence electrons. The number of methoxy groups -OCH3 is 1. The summed E-state index contributed by atoms with van der Waals surface area (Å²) in [5.74, 6) is -0.208. The van der Waals surface area contributed by atoms with Crippen LogP contribution in [-0.4, -0.2) is 74.2 Å². The van der Waals surface area contributed by atoms with Crippen LogP contribution in [-0.2, 0) is 16.0 Å². The number of carboxylic acids is 1. The van der Waals surface area contributed by atoms with Gasteiger partial charge in [0.1, 0.15) is 0 Å². The molecule has 1 atom stereocenters. The number of carbonyl (C=O) groups is 2. The molecule has 1 unspecified atom stereocenters. The Morgan fingerprint density at radius 3 is 2.73 bits per heavy atom. The first kappa shape index (κ1) is 20.0. The number of amides is 1. The first-order valence-electron chi connectivity index (χ1n) is 8.85. The van der Waals surface area contributed by atoms with E-state index in [4.69, 9.17) is 14.6 Å². The third kappa shape index (κ3) is 5.62. The van der Waals surface area contributed by atoms with Gasteiger partial charge in [0.05, 0.1) is 19.6 Å². The van der Waals surface area contributed by atoms with E-state index in [0.29, 0.717) is 37.6 Å². The van der Waals surface area contributed by atoms with Crippen LogP contribution >= 0.6 is 0 Å². The number of nitrogens with zero attached hydrogens (tertiary/aromatic N) is 2. The maximum absolute atomic E-state index is 11.9. The normalized spacial score (nSPS) is 17.0. The molecule has 1 aliphatic heterocycles. The molecule has 0 aromatic heterocycles. The van der Waals surface area contributed by atoms with Crippen LogP contribution < -0.4 is 9.47 Å². The van der Waals surface area contributed by atoms with Crippen LogP contribution in [0, 0.1) is 5.92 Å². The Balaban J connectivity index is 1.88. The van der Waals surface area contributed by atoms with Crippen molar-refractivity contribution in [2.75, 3.05) is 47.4 Å². The molecule has 7 heteroatoms. The Bertz CT molecular complexity index is 632. The van der Waals surface area contributed by atoms with Crippen LogP contribution in [0.4, 0.5) is 0 Å². The van der Waals surface area contributed by atoms with E-state index in [9.17, 15) is 9.59 Å². The Morgan fingerprint density at radius 2 is 2.12 bits per heavy atom. The van der Waals surface area contributed by atoms with Gasteiger partial charge in [0, 0.05) is 26.1 Å². The second kappa shape index (κ2) is 9.43. The lowest BCUT2D eigenvalue weighted by Gasteiger charge is -2.17. The molecule has 1 saturated heterocycles. The molecule has 0 bridgehead atoms. The monoisotopic (exact) mass is 364 g/mol. The lowest BCUT2D eigenvalue weighted by Crippen LogP contribution is -2.28. The summed E-state index contributed by atoms with van der Waals surface area (Å²) >= 11 is 0. The number of carbonyl (C=O) groups excluding carboxylic acids is 1. The Hall–Kier alpha value is -2.28. The Kier molecular flexibility index (Phi) is 7.26. The fourth-order valence-electron chi connectivity index (χ4n) is 2.97. The van der Waals surface area contributed by atoms with E-state index >= 15 is 0 Å². The smallest absolute Gasteiger partial charge is 0.308 e. The number of carboxylic acid groups (broad SMARTS) is 1. The van der Waals surface area contributed by atoms with Crippen LogP contribution in [0.5, 0.6) is 11.5 Å². The van der Waals surface area contributed by atoms with Crippen LogP contribution in [0.3, 0.4) is 0 Å². The van der Waals surface area contributed by atoms with Crippen molar-refractivity contribution in [3.63, 3.8) is 0 Å². The molecule has 0 saturated carbocycles. The minimum absolute atomic E-state index is 0.0924. The zero-order valence-electron chi connectivity index (χ0n) is 15.7. The molecule has 1 aliphatic rings. The van der Waals surface area contributed by atoms with Gasteiger partial charge in [-0.1, -0.05) is 6.07 Å². The zero-order valence-corrected chi connectivity index (χ0v) is 15.7. The summed E-state index contributed by atoms with van der Waals surface area (Å²) in [6.07, 6.45) is 1.67. The molecule has 1 aromatic rings. The predicted molar refractivity (Wildman–Crippen MR) is 97.7 cm³/mol. The highest BCUT2D eigenvalue weighted by atomic mass is 16.5. The zero-order chi connectivity index (χ0) is 19.1. The summed E-state index contributed by atoms with van der Waals surface area (Å²) in [7, 11) is 5.66. The van der Waals surface area contributed by atoms with Crippen LogP contribution in [0.15, 0.2) is 18.2 Å². The van der Waals surface area contributed by atoms with E-state index in [1.165, 1.54) is 0 Å². The van der Waals surface area contributed by atoms with Crippen molar-refractivity contribution in [2.24, 2.45) is 5.92 Å². The fraction of sp³-hybridized carbons (Fsp3) is 0.579. The van der Waals surface area contributed by atoms with Gasteiger partial charge in [0.15, 0.2) is 11.5 Å². The highest BCUT2D eigenvalue weighted by Crippen LogP contribution is 2.29. The van der Waals surface area contributed by atoms with E-state index < -0.39 is 11.9 Å². The van der Waals surface area contributed by atoms with Gasteiger partial charge in [-0.2, -0.15) is 0 Å². The van der Waals surface area contributed by atoms with Crippen molar-refractivity contribution in [1.82, 2.24) is 9.80 Å². The number of hydrogen-bond donors (Lipinski definition) is 1. The van der Waals surface area contributed by atoms with E-state index in [0.717, 1.165) is 18.5 Å². The first-order valence-corrected chi connectivity index (χ1v) is 8.85. The topological polar surface area (TPSA) is 79.3 Å². The average Bonchev–Trinajstić information content (AvgIpc) is 2.98. The molecule has 26 heavy (non-hydrogen) atoms. The van der Waals surface area contributed by atoms with Crippen molar-refractivity contribution in [3.05, 3.63) is 23.8 Å². The van der Waals surface area contributed by atoms with Crippen molar-refractivity contribution >= 4 is 11.9 Å². The summed E-state index contributed by atoms with van der Waals surface area (Å²) in [6, 6.07) is 5.76. The largest absolute Gasteiger partial charge is 0.493 e. The minimum atomic E-state index is -0.904. The summed E-state index contributed by atoms with van der Waals surface area (Å²) in [4.78, 5) is 26.6. The molecule has 1 amide bonds. The minimum Gasteiger partial charge on any atom is -0.493 e. The van der Waals surface area contributed by atoms with E-state index in [1.807, 2.05) is 32.3 Å². The standard InChI is InChI=1S/C19H28N2O5/c1-20(2)8-4-10-26-16-6-5-14(11-17(16)25-3)7-9-21-13-15(19(23)24)12-18(21)22/h5-6,11,15H,4,7-10,12-13H2,1-3H3,(H,23,24). The summed E-state index contributed by atoms with van der Waals surface area (Å²) in [5, 5.41) is 9.04. The molecular weight excluding hydrogens is 336 g/mol. The van der Waals surface area contributed by atoms with Gasteiger partial charge in [0.25, 0.3) is 0 Å². The van der Waals surface area contributed by atoms with Gasteiger partial charge < -0.3 is 24.4 Å². The van der Waals surface area contributed by atoms with Crippen LogP contribution in [0.1, 0.15) is 18.4 Å². The lowest BCUT2D eigenvalue weighted by molar-refractivity contribution is -0.141. The number of rotatable bonds is 10. The highest BCUT2D eigenvalue weighted by Gasteiger charge is 2.33. The Labute approximate surface area is 154 Å². The highest BCUT2D eigenvalue weighted by molar-refractivity contribution is 5.86. The summed E-state index contributed by atoms with van der Waals surface area (Å²) in [5.41, 5.74) is 1.02. The summed E-state index contributed by atoms with van der Waals surface area (Å²) in [6.45, 7) is 2.38. The van der Waals surface area contributed by atoms with Crippen molar-refractivity contribution < 1.29 is 24.2 Å². The molecule has 7 nitrogen and oxygen atoms in total. The first-order chi connectivity index (χ1) is 12.4. The molecule has 0 spiro atoms. The molecule has 0 radical (unpaired) electrons. The number of ether oxygens (including phenoxy) is 2. The number of likely N-dealkylation sites (tertiary alicyclic amines) is 1. The van der Waals surface area contributed by atoms with Gasteiger partial charge in [-0.3, -0.25) is 9.59 Å². The number of hydrogen-bond acceptors (Lipinski definition) is 5. The molecular formula is C19H28N2O5. The average molecular weight is 364 g/mol. The second-order valence-corrected chi connectivity index (χ2v) is 6.82. The quantitative estimate of drug-likeness (QED) is 0.634. The van der Waals surface area contributed by atoms with Gasteiger partial charge in [-0.25, -0.2) is 0 Å². The molecule has 2 rings (SSSR count). The van der Waals surface area contributed by atoms with Crippen molar-refractivity contribution in [1.29, 1.82) is 0 Å². The summed E-state index contributed by atoms with van der Waals surface area (Å²) < 4.78 is 11.2. The predicted octanol–water partition coefficient (Wildman–Crippen LogP) is 1.50. The molecule has 1 N–H and O–H groups in total. The van der Waals surface area contributed by atoms with Crippen molar-refractivity contribution in [3.8, 4) is 11.5 Å². The van der Waals surface area contributed by atoms with E-state index in [-0.39, 0.29) is 12.3 Å². The molecule has 1 heterocycles. The van der Waals surface area contributed by atoms with E-state index in [2.05, 4.69) is 4.90 Å². The number of benzene rings is 1. The van der Waals surface area contributed by atoms with Gasteiger partial charge >= 0.3 is 5.97 Å². The Morgan fingerprint density at radius 1 is 1.35 bits per heavy atom. The van der Waals surface area contributed by atoms with Gasteiger partial charge in [-0.15, -0.1) is 0 Å². The molecule has 1 aromatic carbocycles.